The number of nitrogens with one attached hydrogen (secondary N) is 1. The largest absolute Gasteiger partial charge is 0.313 e. The van der Waals surface area contributed by atoms with E-state index in [-0.39, 0.29) is 0 Å². The molecule has 4 rings (SSSR count). The highest BCUT2D eigenvalue weighted by Gasteiger charge is 2.14. The molecule has 5 nitrogen and oxygen atoms in total. The number of aromatic nitrogens is 3. The van der Waals surface area contributed by atoms with Crippen LogP contribution >= 0.6 is 34.5 Å². The highest BCUT2D eigenvalue weighted by molar-refractivity contribution is 7.12. The zero-order chi connectivity index (χ0) is 18.8. The maximum absolute atomic E-state index is 11.0. The number of carbonyl (C=O) groups is 1. The fourth-order valence-electron chi connectivity index (χ4n) is 2.57. The minimum atomic E-state index is 0.534. The van der Waals surface area contributed by atoms with Gasteiger partial charge in [0.05, 0.1) is 11.4 Å². The molecule has 0 atom stereocenters. The van der Waals surface area contributed by atoms with Crippen molar-refractivity contribution in [3.05, 3.63) is 70.0 Å². The summed E-state index contributed by atoms with van der Waals surface area (Å²) in [5, 5.41) is 11.2. The van der Waals surface area contributed by atoms with E-state index in [1.807, 2.05) is 41.8 Å². The van der Waals surface area contributed by atoms with Gasteiger partial charge >= 0.3 is 0 Å². The summed E-state index contributed by atoms with van der Waals surface area (Å²) in [5.74, 6) is 0.534. The fourth-order valence-corrected chi connectivity index (χ4v) is 3.61. The summed E-state index contributed by atoms with van der Waals surface area (Å²) < 4.78 is 1.61. The van der Waals surface area contributed by atoms with Crippen molar-refractivity contribution in [2.75, 3.05) is 5.32 Å². The predicted octanol–water partition coefficient (Wildman–Crippen LogP) is 5.54. The second kappa shape index (κ2) is 7.52. The number of halogens is 2. The van der Waals surface area contributed by atoms with Gasteiger partial charge in [-0.05, 0) is 24.3 Å². The van der Waals surface area contributed by atoms with Gasteiger partial charge in [0.15, 0.2) is 0 Å². The number of hydrogen-bond acceptors (Lipinski definition) is 4. The predicted molar refractivity (Wildman–Crippen MR) is 110 cm³/mol. The second-order valence-corrected chi connectivity index (χ2v) is 7.33. The molecule has 0 saturated carbocycles. The molecule has 134 valence electrons. The quantitative estimate of drug-likeness (QED) is 0.436. The van der Waals surface area contributed by atoms with Gasteiger partial charge in [-0.25, -0.2) is 4.98 Å². The van der Waals surface area contributed by atoms with E-state index in [1.54, 1.807) is 22.9 Å². The maximum Gasteiger partial charge on any atom is 0.212 e. The first-order valence-electron chi connectivity index (χ1n) is 7.92. The molecule has 2 aromatic heterocycles. The summed E-state index contributed by atoms with van der Waals surface area (Å²) in [6.07, 6.45) is 0.618. The van der Waals surface area contributed by atoms with Crippen LogP contribution in [0.5, 0.6) is 0 Å². The highest BCUT2D eigenvalue weighted by Crippen LogP contribution is 2.29. The number of carbonyl (C=O) groups excluding carboxylic acids is 1. The molecular formula is C19H12Cl2N4OS. The lowest BCUT2D eigenvalue weighted by Crippen LogP contribution is -2.04. The number of hydrogen-bond donors (Lipinski definition) is 1. The van der Waals surface area contributed by atoms with Gasteiger partial charge < -0.3 is 5.32 Å². The van der Waals surface area contributed by atoms with E-state index in [0.717, 1.165) is 16.8 Å². The topological polar surface area (TPSA) is 59.8 Å². The van der Waals surface area contributed by atoms with E-state index in [4.69, 9.17) is 23.2 Å². The monoisotopic (exact) mass is 414 g/mol. The Hall–Kier alpha value is -2.67. The smallest absolute Gasteiger partial charge is 0.212 e. The molecular weight excluding hydrogens is 403 g/mol. The zero-order valence-electron chi connectivity index (χ0n) is 13.8. The summed E-state index contributed by atoms with van der Waals surface area (Å²) in [6, 6.07) is 16.6. The minimum Gasteiger partial charge on any atom is -0.313 e. The third kappa shape index (κ3) is 3.73. The normalized spacial score (nSPS) is 10.7. The first kappa shape index (κ1) is 17.7. The molecule has 0 aliphatic heterocycles. The lowest BCUT2D eigenvalue weighted by atomic mass is 10.1. The Morgan fingerprint density at radius 1 is 0.926 bits per heavy atom. The lowest BCUT2D eigenvalue weighted by molar-refractivity contribution is -0.105. The van der Waals surface area contributed by atoms with Crippen LogP contribution in [0, 0.1) is 0 Å². The van der Waals surface area contributed by atoms with Gasteiger partial charge in [0, 0.05) is 32.6 Å². The first-order chi connectivity index (χ1) is 13.1. The molecule has 2 heterocycles. The Balaban J connectivity index is 1.73. The van der Waals surface area contributed by atoms with Crippen molar-refractivity contribution in [1.82, 2.24) is 14.8 Å². The maximum atomic E-state index is 11.0. The number of amides is 1. The van der Waals surface area contributed by atoms with Crippen molar-refractivity contribution in [2.45, 2.75) is 0 Å². The molecule has 0 fully saturated rings. The van der Waals surface area contributed by atoms with Crippen molar-refractivity contribution in [3.8, 4) is 27.6 Å². The number of nitrogens with zero attached hydrogens (tertiary/aromatic N) is 3. The molecule has 4 aromatic rings. The average molecular weight is 415 g/mol. The summed E-state index contributed by atoms with van der Waals surface area (Å²) in [7, 11) is 0. The summed E-state index contributed by atoms with van der Waals surface area (Å²) in [6.45, 7) is 0. The molecule has 0 radical (unpaired) electrons. The molecule has 27 heavy (non-hydrogen) atoms. The standard InChI is InChI=1S/C19H12Cl2N4OS/c20-14-5-1-12(2-6-14)16-9-18(22-11-26)25(24-16)19-23-17(10-27-19)13-3-7-15(21)8-4-13/h1-11H,(H,22,26). The second-order valence-electron chi connectivity index (χ2n) is 5.62. The van der Waals surface area contributed by atoms with Crippen molar-refractivity contribution in [3.63, 3.8) is 0 Å². The molecule has 0 spiro atoms. The number of anilines is 1. The van der Waals surface area contributed by atoms with E-state index < -0.39 is 0 Å². The van der Waals surface area contributed by atoms with E-state index in [2.05, 4.69) is 15.4 Å². The van der Waals surface area contributed by atoms with Gasteiger partial charge in [-0.15, -0.1) is 11.3 Å². The molecule has 8 heteroatoms. The van der Waals surface area contributed by atoms with E-state index in [9.17, 15) is 4.79 Å². The molecule has 0 aliphatic rings. The van der Waals surface area contributed by atoms with Crippen LogP contribution in [-0.2, 0) is 4.79 Å². The fraction of sp³-hybridized carbons (Fsp3) is 0. The van der Waals surface area contributed by atoms with Crippen molar-refractivity contribution in [1.29, 1.82) is 0 Å². The van der Waals surface area contributed by atoms with Crippen LogP contribution in [0.15, 0.2) is 60.0 Å². The average Bonchev–Trinajstić information content (AvgIpc) is 3.31. The van der Waals surface area contributed by atoms with Gasteiger partial charge in [0.2, 0.25) is 11.5 Å². The van der Waals surface area contributed by atoms with E-state index in [1.165, 1.54) is 11.3 Å². The van der Waals surface area contributed by atoms with Crippen LogP contribution in [0.2, 0.25) is 10.0 Å². The Bertz CT molecular complexity index is 1090. The van der Waals surface area contributed by atoms with Crippen LogP contribution < -0.4 is 5.32 Å². The summed E-state index contributed by atoms with van der Waals surface area (Å²) in [4.78, 5) is 15.7. The molecule has 1 amide bonds. The van der Waals surface area contributed by atoms with E-state index in [0.29, 0.717) is 33.1 Å². The highest BCUT2D eigenvalue weighted by atomic mass is 35.5. The molecule has 2 aromatic carbocycles. The SMILES string of the molecule is O=CNc1cc(-c2ccc(Cl)cc2)nn1-c1nc(-c2ccc(Cl)cc2)cs1. The van der Waals surface area contributed by atoms with Gasteiger partial charge in [-0.3, -0.25) is 4.79 Å². The van der Waals surface area contributed by atoms with E-state index >= 15 is 0 Å². The van der Waals surface area contributed by atoms with Crippen molar-refractivity contribution >= 4 is 46.8 Å². The van der Waals surface area contributed by atoms with Crippen LogP contribution in [0.3, 0.4) is 0 Å². The van der Waals surface area contributed by atoms with Gasteiger partial charge in [-0.1, -0.05) is 47.5 Å². The molecule has 0 bridgehead atoms. The van der Waals surface area contributed by atoms with Crippen molar-refractivity contribution in [2.24, 2.45) is 0 Å². The Morgan fingerprint density at radius 3 is 2.11 bits per heavy atom. The number of thiazole rings is 1. The Kier molecular flexibility index (Phi) is 4.94. The van der Waals surface area contributed by atoms with Gasteiger partial charge in [0.25, 0.3) is 0 Å². The van der Waals surface area contributed by atoms with Crippen molar-refractivity contribution < 1.29 is 4.79 Å². The minimum absolute atomic E-state index is 0.534. The Labute approximate surface area is 169 Å². The first-order valence-corrected chi connectivity index (χ1v) is 9.55. The van der Waals surface area contributed by atoms with Crippen LogP contribution in [0.25, 0.3) is 27.6 Å². The summed E-state index contributed by atoms with van der Waals surface area (Å²) >= 11 is 13.3. The zero-order valence-corrected chi connectivity index (χ0v) is 16.1. The summed E-state index contributed by atoms with van der Waals surface area (Å²) in [5.41, 5.74) is 3.37. The number of benzene rings is 2. The molecule has 0 saturated heterocycles. The van der Waals surface area contributed by atoms with Crippen LogP contribution in [0.1, 0.15) is 0 Å². The third-order valence-electron chi connectivity index (χ3n) is 3.87. The Morgan fingerprint density at radius 2 is 1.52 bits per heavy atom. The van der Waals surface area contributed by atoms with Gasteiger partial charge in [-0.2, -0.15) is 9.78 Å². The van der Waals surface area contributed by atoms with Gasteiger partial charge in [0.1, 0.15) is 5.82 Å². The molecule has 0 unspecified atom stereocenters. The third-order valence-corrected chi connectivity index (χ3v) is 5.19. The number of rotatable bonds is 5. The lowest BCUT2D eigenvalue weighted by Gasteiger charge is -2.01. The van der Waals surface area contributed by atoms with Crippen LogP contribution in [0.4, 0.5) is 5.82 Å². The molecule has 1 N–H and O–H groups in total. The molecule has 0 aliphatic carbocycles. The van der Waals surface area contributed by atoms with Crippen LogP contribution in [-0.4, -0.2) is 21.2 Å².